The van der Waals surface area contributed by atoms with Crippen LogP contribution in [0.5, 0.6) is 0 Å². The minimum atomic E-state index is -0.231. The van der Waals surface area contributed by atoms with Crippen LogP contribution in [0.2, 0.25) is 0 Å². The van der Waals surface area contributed by atoms with Gasteiger partial charge in [-0.2, -0.15) is 10.2 Å². The second-order valence-electron chi connectivity index (χ2n) is 10.5. The molecule has 0 aliphatic heterocycles. The molecule has 0 saturated heterocycles. The highest BCUT2D eigenvalue weighted by Gasteiger charge is 2.53. The number of hydrogen-bond donors (Lipinski definition) is 1. The van der Waals surface area contributed by atoms with Gasteiger partial charge in [0.2, 0.25) is 0 Å². The molecule has 5 nitrogen and oxygen atoms in total. The Hall–Kier alpha value is -2.89. The van der Waals surface area contributed by atoms with Crippen LogP contribution in [0.4, 0.5) is 10.1 Å². The zero-order valence-electron chi connectivity index (χ0n) is 20.4. The molecule has 1 aromatic carbocycles. The van der Waals surface area contributed by atoms with E-state index in [-0.39, 0.29) is 23.4 Å². The summed E-state index contributed by atoms with van der Waals surface area (Å²) >= 11 is 0. The third-order valence-electron chi connectivity index (χ3n) is 7.93. The van der Waals surface area contributed by atoms with Crippen LogP contribution in [0.3, 0.4) is 0 Å². The maximum Gasteiger partial charge on any atom is 0.167 e. The molecule has 1 N–H and O–H groups in total. The summed E-state index contributed by atoms with van der Waals surface area (Å²) in [5.74, 6) is 1.02. The summed E-state index contributed by atoms with van der Waals surface area (Å²) in [6, 6.07) is 10.8. The molecule has 0 amide bonds. The molecule has 6 heteroatoms. The molecule has 3 aliphatic carbocycles. The summed E-state index contributed by atoms with van der Waals surface area (Å²) in [7, 11) is 0. The molecule has 0 radical (unpaired) electrons. The van der Waals surface area contributed by atoms with Crippen molar-refractivity contribution in [1.82, 2.24) is 19.6 Å². The fourth-order valence-electron chi connectivity index (χ4n) is 6.02. The molecular weight excluding hydrogens is 413 g/mol. The van der Waals surface area contributed by atoms with Crippen molar-refractivity contribution < 1.29 is 4.39 Å². The SMILES string of the molecule is Cc1cc(C)n(C([C@H](Nc2ccc(F)cc2)C2=CCC3C[C@@H]2C3(C)C)n2nc(C)cc2C)n1. The number of nitrogens with zero attached hydrogens (tertiary/aromatic N) is 4. The lowest BCUT2D eigenvalue weighted by Gasteiger charge is -2.58. The van der Waals surface area contributed by atoms with E-state index in [1.165, 1.54) is 24.1 Å². The number of fused-ring (bicyclic) bond motifs is 1. The Labute approximate surface area is 195 Å². The molecule has 0 spiro atoms. The van der Waals surface area contributed by atoms with Crippen molar-refractivity contribution in [1.29, 1.82) is 0 Å². The average Bonchev–Trinajstić information content (AvgIpc) is 3.28. The maximum atomic E-state index is 13.7. The minimum Gasteiger partial charge on any atom is -0.375 e. The number of nitrogens with one attached hydrogen (secondary N) is 1. The van der Waals surface area contributed by atoms with E-state index in [9.17, 15) is 4.39 Å². The number of aryl methyl sites for hydroxylation is 4. The van der Waals surface area contributed by atoms with Crippen molar-refractivity contribution in [3.63, 3.8) is 0 Å². The van der Waals surface area contributed by atoms with Crippen LogP contribution in [0.15, 0.2) is 48.0 Å². The monoisotopic (exact) mass is 447 g/mol. The Morgan fingerprint density at radius 1 is 0.970 bits per heavy atom. The number of hydrogen-bond acceptors (Lipinski definition) is 3. The van der Waals surface area contributed by atoms with Gasteiger partial charge in [-0.1, -0.05) is 19.9 Å². The standard InChI is InChI=1S/C27H34FN5/c1-16-13-18(3)32(30-16)26(33-19(4)14-17(2)31-33)25(29-22-10-8-21(28)9-11-22)23-12-7-20-15-24(23)27(20,5)6/h8-14,20,24-26,29H,7,15H2,1-6H3/t20?,24-,25+/m0/s1. The first-order valence-corrected chi connectivity index (χ1v) is 11.9. The average molecular weight is 448 g/mol. The van der Waals surface area contributed by atoms with E-state index in [0.717, 1.165) is 40.8 Å². The Bertz CT molecular complexity index is 1150. The molecule has 1 unspecified atom stereocenters. The van der Waals surface area contributed by atoms with E-state index in [0.29, 0.717) is 5.92 Å². The van der Waals surface area contributed by atoms with Gasteiger partial charge in [-0.15, -0.1) is 0 Å². The fourth-order valence-corrected chi connectivity index (χ4v) is 6.02. The predicted molar refractivity (Wildman–Crippen MR) is 130 cm³/mol. The van der Waals surface area contributed by atoms with Gasteiger partial charge in [-0.05, 0) is 99.8 Å². The van der Waals surface area contributed by atoms with Crippen molar-refractivity contribution in [2.75, 3.05) is 5.32 Å². The zero-order valence-corrected chi connectivity index (χ0v) is 20.4. The van der Waals surface area contributed by atoms with Crippen LogP contribution in [0.1, 0.15) is 55.6 Å². The number of aromatic nitrogens is 4. The molecule has 2 heterocycles. The highest BCUT2D eigenvalue weighted by molar-refractivity contribution is 5.48. The minimum absolute atomic E-state index is 0.0722. The van der Waals surface area contributed by atoms with E-state index in [2.05, 4.69) is 60.6 Å². The van der Waals surface area contributed by atoms with Crippen LogP contribution in [-0.4, -0.2) is 25.6 Å². The van der Waals surface area contributed by atoms with E-state index >= 15 is 0 Å². The Kier molecular flexibility index (Phi) is 5.22. The van der Waals surface area contributed by atoms with Gasteiger partial charge in [0.25, 0.3) is 0 Å². The summed E-state index contributed by atoms with van der Waals surface area (Å²) in [6.07, 6.45) is 4.58. The number of rotatable bonds is 6. The third-order valence-corrected chi connectivity index (χ3v) is 7.93. The van der Waals surface area contributed by atoms with Crippen LogP contribution in [0, 0.1) is 50.8 Å². The van der Waals surface area contributed by atoms with E-state index in [1.54, 1.807) is 0 Å². The van der Waals surface area contributed by atoms with Crippen molar-refractivity contribution >= 4 is 5.69 Å². The Balaban J connectivity index is 1.67. The van der Waals surface area contributed by atoms with Crippen molar-refractivity contribution in [3.05, 3.63) is 76.6 Å². The maximum absolute atomic E-state index is 13.7. The summed E-state index contributed by atoms with van der Waals surface area (Å²) in [5, 5.41) is 13.6. The lowest BCUT2D eigenvalue weighted by molar-refractivity contribution is -0.0115. The molecule has 174 valence electrons. The quantitative estimate of drug-likeness (QED) is 0.474. The van der Waals surface area contributed by atoms with E-state index in [4.69, 9.17) is 10.2 Å². The Morgan fingerprint density at radius 2 is 1.55 bits per heavy atom. The van der Waals surface area contributed by atoms with Gasteiger partial charge in [0.05, 0.1) is 17.4 Å². The van der Waals surface area contributed by atoms with Gasteiger partial charge in [0.1, 0.15) is 5.82 Å². The smallest absolute Gasteiger partial charge is 0.167 e. The molecule has 3 aromatic rings. The highest BCUT2D eigenvalue weighted by Crippen LogP contribution is 2.60. The molecular formula is C27H34FN5. The highest BCUT2D eigenvalue weighted by atomic mass is 19.1. The largest absolute Gasteiger partial charge is 0.375 e. The molecule has 2 bridgehead atoms. The third kappa shape index (κ3) is 3.69. The molecule has 33 heavy (non-hydrogen) atoms. The Morgan fingerprint density at radius 3 is 2.00 bits per heavy atom. The van der Waals surface area contributed by atoms with Gasteiger partial charge in [0, 0.05) is 17.1 Å². The van der Waals surface area contributed by atoms with Gasteiger partial charge in [-0.25, -0.2) is 13.8 Å². The van der Waals surface area contributed by atoms with Crippen molar-refractivity contribution in [3.8, 4) is 0 Å². The summed E-state index contributed by atoms with van der Waals surface area (Å²) in [6.45, 7) is 13.1. The summed E-state index contributed by atoms with van der Waals surface area (Å²) in [4.78, 5) is 0. The number of allylic oxidation sites excluding steroid dienone is 1. The molecule has 6 rings (SSSR count). The lowest BCUT2D eigenvalue weighted by Crippen LogP contribution is -2.53. The molecule has 1 saturated carbocycles. The van der Waals surface area contributed by atoms with Crippen molar-refractivity contribution in [2.24, 2.45) is 17.3 Å². The molecule has 3 aliphatic rings. The zero-order chi connectivity index (χ0) is 23.5. The van der Waals surface area contributed by atoms with E-state index < -0.39 is 0 Å². The first-order chi connectivity index (χ1) is 15.6. The first kappa shape index (κ1) is 21.9. The predicted octanol–water partition coefficient (Wildman–Crippen LogP) is 5.97. The van der Waals surface area contributed by atoms with Gasteiger partial charge < -0.3 is 5.32 Å². The number of halogens is 1. The number of benzene rings is 1. The second kappa shape index (κ2) is 7.86. The summed E-state index contributed by atoms with van der Waals surface area (Å²) < 4.78 is 17.9. The van der Waals surface area contributed by atoms with Gasteiger partial charge >= 0.3 is 0 Å². The van der Waals surface area contributed by atoms with Gasteiger partial charge in [-0.3, -0.25) is 0 Å². The van der Waals surface area contributed by atoms with Crippen LogP contribution < -0.4 is 5.32 Å². The second-order valence-corrected chi connectivity index (χ2v) is 10.5. The normalized spacial score (nSPS) is 22.1. The number of anilines is 1. The van der Waals surface area contributed by atoms with Crippen molar-refractivity contribution in [2.45, 2.75) is 66.6 Å². The molecule has 2 aromatic heterocycles. The van der Waals surface area contributed by atoms with Gasteiger partial charge in [0.15, 0.2) is 6.17 Å². The fraction of sp³-hybridized carbons (Fsp3) is 0.481. The molecule has 3 atom stereocenters. The molecule has 1 fully saturated rings. The van der Waals surface area contributed by atoms with Crippen LogP contribution >= 0.6 is 0 Å². The van der Waals surface area contributed by atoms with Crippen LogP contribution in [-0.2, 0) is 0 Å². The topological polar surface area (TPSA) is 47.7 Å². The summed E-state index contributed by atoms with van der Waals surface area (Å²) in [5.41, 5.74) is 6.76. The van der Waals surface area contributed by atoms with E-state index in [1.807, 2.05) is 26.0 Å². The first-order valence-electron chi connectivity index (χ1n) is 11.9. The lowest BCUT2D eigenvalue weighted by atomic mass is 9.48. The van der Waals surface area contributed by atoms with Crippen LogP contribution in [0.25, 0.3) is 0 Å².